The normalized spacial score (nSPS) is 24.4. The van der Waals surface area contributed by atoms with Crippen molar-refractivity contribution in [3.05, 3.63) is 22.4 Å². The fraction of sp³-hybridized carbons (Fsp3) is 0.632. The van der Waals surface area contributed by atoms with E-state index in [1.807, 2.05) is 0 Å². The van der Waals surface area contributed by atoms with Crippen LogP contribution in [0, 0.1) is 16.7 Å². The van der Waals surface area contributed by atoms with Gasteiger partial charge in [-0.3, -0.25) is 9.59 Å². The van der Waals surface area contributed by atoms with Crippen molar-refractivity contribution >= 4 is 11.8 Å². The van der Waals surface area contributed by atoms with E-state index >= 15 is 0 Å². The van der Waals surface area contributed by atoms with Crippen LogP contribution < -0.4 is 0 Å². The summed E-state index contributed by atoms with van der Waals surface area (Å²) < 4.78 is 0. The maximum atomic E-state index is 12.8. The van der Waals surface area contributed by atoms with Crippen molar-refractivity contribution in [3.8, 4) is 6.07 Å². The fourth-order valence-corrected chi connectivity index (χ4v) is 4.13. The molecule has 2 saturated heterocycles. The molecule has 1 aliphatic carbocycles. The first kappa shape index (κ1) is 17.5. The average molecular weight is 342 g/mol. The van der Waals surface area contributed by atoms with E-state index in [-0.39, 0.29) is 29.5 Å². The van der Waals surface area contributed by atoms with Crippen molar-refractivity contribution < 1.29 is 9.59 Å². The summed E-state index contributed by atoms with van der Waals surface area (Å²) in [5.74, 6) is -0.548. The van der Waals surface area contributed by atoms with Gasteiger partial charge >= 0.3 is 0 Å². The molecule has 0 atom stereocenters. The Bertz CT molecular complexity index is 698. The Morgan fingerprint density at radius 3 is 2.08 bits per heavy atom. The predicted molar refractivity (Wildman–Crippen MR) is 93.9 cm³/mol. The summed E-state index contributed by atoms with van der Waals surface area (Å²) in [5.41, 5.74) is 2.28. The van der Waals surface area contributed by atoms with Gasteiger partial charge in [0.1, 0.15) is 11.6 Å². The number of rotatable bonds is 1. The third-order valence-corrected chi connectivity index (χ3v) is 5.34. The molecular weight excluding hydrogens is 316 g/mol. The summed E-state index contributed by atoms with van der Waals surface area (Å²) >= 11 is 0. The molecule has 2 fully saturated rings. The number of allylic oxidation sites excluding steroid dienone is 3. The molecule has 134 valence electrons. The van der Waals surface area contributed by atoms with E-state index in [9.17, 15) is 14.9 Å². The molecule has 0 radical (unpaired) electrons. The van der Waals surface area contributed by atoms with E-state index in [2.05, 4.69) is 24.8 Å². The molecular formula is C19H26N4O2. The van der Waals surface area contributed by atoms with Gasteiger partial charge in [-0.05, 0) is 36.7 Å². The van der Waals surface area contributed by atoms with E-state index in [0.717, 1.165) is 38.0 Å². The second-order valence-electron chi connectivity index (χ2n) is 8.15. The van der Waals surface area contributed by atoms with Crippen molar-refractivity contribution in [1.82, 2.24) is 14.7 Å². The van der Waals surface area contributed by atoms with Crippen LogP contribution in [-0.2, 0) is 9.59 Å². The van der Waals surface area contributed by atoms with E-state index in [4.69, 9.17) is 0 Å². The number of nitriles is 1. The molecule has 0 aromatic rings. The number of hydrogen-bond acceptors (Lipinski definition) is 4. The van der Waals surface area contributed by atoms with Crippen LogP contribution in [0.3, 0.4) is 0 Å². The first-order valence-corrected chi connectivity index (χ1v) is 8.88. The molecule has 0 N–H and O–H groups in total. The molecule has 3 aliphatic rings. The van der Waals surface area contributed by atoms with Gasteiger partial charge in [-0.15, -0.1) is 0 Å². The lowest BCUT2D eigenvalue weighted by molar-refractivity contribution is -0.141. The van der Waals surface area contributed by atoms with Gasteiger partial charge in [-0.1, -0.05) is 13.8 Å². The lowest BCUT2D eigenvalue weighted by Gasteiger charge is -2.39. The summed E-state index contributed by atoms with van der Waals surface area (Å²) in [4.78, 5) is 30.9. The third-order valence-electron chi connectivity index (χ3n) is 5.34. The zero-order valence-electron chi connectivity index (χ0n) is 15.6. The predicted octanol–water partition coefficient (Wildman–Crippen LogP) is 1.86. The summed E-state index contributed by atoms with van der Waals surface area (Å²) in [6.07, 6.45) is 3.62. The molecule has 0 spiro atoms. The standard InChI is InChI=1S/C19H26N4O2/c1-19(2)9-13(16-17(24)21(3)12-22(4)18(16)25)14(11-20)15(10-19)23-7-5-6-8-23/h5-10,12H2,1-4H3. The first-order chi connectivity index (χ1) is 11.7. The lowest BCUT2D eigenvalue weighted by Crippen LogP contribution is -2.50. The summed E-state index contributed by atoms with van der Waals surface area (Å²) in [6, 6.07) is 2.33. The van der Waals surface area contributed by atoms with Crippen molar-refractivity contribution in [3.63, 3.8) is 0 Å². The molecule has 0 saturated carbocycles. The monoisotopic (exact) mass is 342 g/mol. The second kappa shape index (κ2) is 6.21. The topological polar surface area (TPSA) is 67.7 Å². The Kier molecular flexibility index (Phi) is 4.36. The van der Waals surface area contributed by atoms with Crippen molar-refractivity contribution in [2.24, 2.45) is 5.41 Å². The average Bonchev–Trinajstić information content (AvgIpc) is 3.06. The van der Waals surface area contributed by atoms with Gasteiger partial charge in [0, 0.05) is 32.9 Å². The Balaban J connectivity index is 2.20. The number of likely N-dealkylation sites (N-methyl/N-ethyl adjacent to an activating group) is 2. The van der Waals surface area contributed by atoms with Crippen LogP contribution in [0.15, 0.2) is 22.4 Å². The molecule has 0 aromatic carbocycles. The minimum Gasteiger partial charge on any atom is -0.374 e. The molecule has 3 rings (SSSR count). The maximum absolute atomic E-state index is 12.8. The summed E-state index contributed by atoms with van der Waals surface area (Å²) in [5, 5.41) is 9.88. The van der Waals surface area contributed by atoms with E-state index in [1.165, 1.54) is 9.80 Å². The smallest absolute Gasteiger partial charge is 0.260 e. The number of hydrogen-bond donors (Lipinski definition) is 0. The highest BCUT2D eigenvalue weighted by atomic mass is 16.2. The molecule has 6 heteroatoms. The number of nitrogens with zero attached hydrogens (tertiary/aromatic N) is 4. The van der Waals surface area contributed by atoms with Crippen LogP contribution in [-0.4, -0.2) is 60.4 Å². The SMILES string of the molecule is CN1CN(C)C(=O)C(=C2CC(C)(C)CC(N3CCCC3)=C2C#N)C1=O. The summed E-state index contributed by atoms with van der Waals surface area (Å²) in [7, 11) is 3.38. The van der Waals surface area contributed by atoms with Crippen LogP contribution in [0.25, 0.3) is 0 Å². The van der Waals surface area contributed by atoms with Crippen LogP contribution in [0.5, 0.6) is 0 Å². The van der Waals surface area contributed by atoms with Crippen LogP contribution in [0.1, 0.15) is 39.5 Å². The first-order valence-electron chi connectivity index (χ1n) is 8.88. The number of likely N-dealkylation sites (tertiary alicyclic amines) is 1. The Morgan fingerprint density at radius 2 is 1.56 bits per heavy atom. The van der Waals surface area contributed by atoms with Crippen LogP contribution >= 0.6 is 0 Å². The molecule has 0 bridgehead atoms. The molecule has 0 unspecified atom stereocenters. The minimum absolute atomic E-state index is 0.0875. The Labute approximate surface area is 149 Å². The van der Waals surface area contributed by atoms with Gasteiger partial charge in [0.15, 0.2) is 0 Å². The molecule has 25 heavy (non-hydrogen) atoms. The maximum Gasteiger partial charge on any atom is 0.260 e. The van der Waals surface area contributed by atoms with Crippen LogP contribution in [0.4, 0.5) is 0 Å². The second-order valence-corrected chi connectivity index (χ2v) is 8.15. The van der Waals surface area contributed by atoms with Crippen LogP contribution in [0.2, 0.25) is 0 Å². The minimum atomic E-state index is -0.274. The highest BCUT2D eigenvalue weighted by Crippen LogP contribution is 2.45. The zero-order chi connectivity index (χ0) is 18.4. The quantitative estimate of drug-likeness (QED) is 0.539. The highest BCUT2D eigenvalue weighted by Gasteiger charge is 2.40. The van der Waals surface area contributed by atoms with E-state index in [1.54, 1.807) is 14.1 Å². The molecule has 2 amide bonds. The molecule has 2 heterocycles. The zero-order valence-corrected chi connectivity index (χ0v) is 15.6. The highest BCUT2D eigenvalue weighted by molar-refractivity contribution is 6.20. The molecule has 0 aromatic heterocycles. The van der Waals surface area contributed by atoms with Gasteiger partial charge < -0.3 is 14.7 Å². The van der Waals surface area contributed by atoms with Gasteiger partial charge in [0.2, 0.25) is 0 Å². The number of amides is 2. The third kappa shape index (κ3) is 3.04. The van der Waals surface area contributed by atoms with Gasteiger partial charge in [-0.2, -0.15) is 5.26 Å². The van der Waals surface area contributed by atoms with Gasteiger partial charge in [0.05, 0.1) is 12.2 Å². The van der Waals surface area contributed by atoms with E-state index < -0.39 is 0 Å². The van der Waals surface area contributed by atoms with E-state index in [0.29, 0.717) is 17.6 Å². The number of carbonyl (C=O) groups is 2. The van der Waals surface area contributed by atoms with Crippen molar-refractivity contribution in [2.45, 2.75) is 39.5 Å². The van der Waals surface area contributed by atoms with Crippen molar-refractivity contribution in [1.29, 1.82) is 5.26 Å². The Morgan fingerprint density at radius 1 is 1.00 bits per heavy atom. The van der Waals surface area contributed by atoms with Crippen molar-refractivity contribution in [2.75, 3.05) is 33.9 Å². The number of carbonyl (C=O) groups excluding carboxylic acids is 2. The largest absolute Gasteiger partial charge is 0.374 e. The Hall–Kier alpha value is -2.29. The van der Waals surface area contributed by atoms with Gasteiger partial charge in [0.25, 0.3) is 11.8 Å². The molecule has 2 aliphatic heterocycles. The summed E-state index contributed by atoms with van der Waals surface area (Å²) in [6.45, 7) is 6.45. The van der Waals surface area contributed by atoms with Gasteiger partial charge in [-0.25, -0.2) is 0 Å². The molecule has 6 nitrogen and oxygen atoms in total. The fourth-order valence-electron chi connectivity index (χ4n) is 4.13. The lowest BCUT2D eigenvalue weighted by atomic mass is 9.72.